The number of nitrogens with one attached hydrogen (secondary N) is 1. The minimum atomic E-state index is -0.125. The summed E-state index contributed by atoms with van der Waals surface area (Å²) in [6.45, 7) is 2.84. The number of hydrogen-bond acceptors (Lipinski definition) is 5. The van der Waals surface area contributed by atoms with Crippen molar-refractivity contribution in [2.45, 2.75) is 32.2 Å². The standard InChI is InChI=1S/C17H21N5O3/c1-10-15(22-13(18-10)6-7-14(20-22)25-2)17(24)21-8-12(9-21)19-16(23)11-4-3-5-11/h6-7,11-12H,3-5,8-9H2,1-2H3,(H,19,23). The van der Waals surface area contributed by atoms with Crippen molar-refractivity contribution in [1.29, 1.82) is 0 Å². The molecular formula is C17H21N5O3. The number of carbonyl (C=O) groups is 2. The van der Waals surface area contributed by atoms with E-state index in [2.05, 4.69) is 15.4 Å². The van der Waals surface area contributed by atoms with Crippen LogP contribution >= 0.6 is 0 Å². The van der Waals surface area contributed by atoms with Crippen LogP contribution in [0.25, 0.3) is 5.65 Å². The van der Waals surface area contributed by atoms with Gasteiger partial charge in [-0.05, 0) is 25.8 Å². The van der Waals surface area contributed by atoms with E-state index in [9.17, 15) is 9.59 Å². The molecule has 1 saturated heterocycles. The second-order valence-electron chi connectivity index (χ2n) is 6.73. The lowest BCUT2D eigenvalue weighted by molar-refractivity contribution is -0.129. The summed E-state index contributed by atoms with van der Waals surface area (Å²) in [5.74, 6) is 0.594. The van der Waals surface area contributed by atoms with E-state index < -0.39 is 0 Å². The van der Waals surface area contributed by atoms with Gasteiger partial charge in [-0.15, -0.1) is 5.10 Å². The lowest BCUT2D eigenvalue weighted by Gasteiger charge is -2.40. The van der Waals surface area contributed by atoms with Crippen molar-refractivity contribution in [3.8, 4) is 5.88 Å². The Morgan fingerprint density at radius 3 is 2.68 bits per heavy atom. The number of rotatable bonds is 4. The highest BCUT2D eigenvalue weighted by Gasteiger charge is 2.36. The number of amides is 2. The van der Waals surface area contributed by atoms with Crippen LogP contribution in [0.5, 0.6) is 5.88 Å². The van der Waals surface area contributed by atoms with Crippen LogP contribution < -0.4 is 10.1 Å². The van der Waals surface area contributed by atoms with Crippen molar-refractivity contribution in [2.75, 3.05) is 20.2 Å². The molecule has 3 heterocycles. The second-order valence-corrected chi connectivity index (χ2v) is 6.73. The van der Waals surface area contributed by atoms with Gasteiger partial charge in [-0.25, -0.2) is 9.50 Å². The highest BCUT2D eigenvalue weighted by atomic mass is 16.5. The summed E-state index contributed by atoms with van der Waals surface area (Å²) in [7, 11) is 1.53. The third kappa shape index (κ3) is 2.71. The van der Waals surface area contributed by atoms with Gasteiger partial charge in [-0.2, -0.15) is 0 Å². The third-order valence-electron chi connectivity index (χ3n) is 5.03. The molecule has 0 bridgehead atoms. The first kappa shape index (κ1) is 15.9. The number of imidazole rings is 1. The van der Waals surface area contributed by atoms with E-state index in [1.807, 2.05) is 0 Å². The molecule has 0 spiro atoms. The maximum absolute atomic E-state index is 12.8. The SMILES string of the molecule is COc1ccc2nc(C)c(C(=O)N3CC(NC(=O)C4CCC4)C3)n2n1. The van der Waals surface area contributed by atoms with Crippen molar-refractivity contribution < 1.29 is 14.3 Å². The van der Waals surface area contributed by atoms with Crippen LogP contribution in [0.4, 0.5) is 0 Å². The number of aryl methyl sites for hydroxylation is 1. The van der Waals surface area contributed by atoms with Crippen LogP contribution in [0.2, 0.25) is 0 Å². The molecule has 2 amide bonds. The van der Waals surface area contributed by atoms with E-state index >= 15 is 0 Å². The molecule has 0 unspecified atom stereocenters. The molecule has 2 fully saturated rings. The number of nitrogens with zero attached hydrogens (tertiary/aromatic N) is 4. The number of hydrogen-bond donors (Lipinski definition) is 1. The molecule has 2 aromatic rings. The fourth-order valence-corrected chi connectivity index (χ4v) is 3.26. The minimum Gasteiger partial charge on any atom is -0.480 e. The van der Waals surface area contributed by atoms with E-state index in [0.717, 1.165) is 19.3 Å². The third-order valence-corrected chi connectivity index (χ3v) is 5.03. The quantitative estimate of drug-likeness (QED) is 0.886. The van der Waals surface area contributed by atoms with Crippen LogP contribution in [0, 0.1) is 12.8 Å². The van der Waals surface area contributed by atoms with Crippen molar-refractivity contribution in [1.82, 2.24) is 24.8 Å². The van der Waals surface area contributed by atoms with Gasteiger partial charge in [0.25, 0.3) is 5.91 Å². The molecule has 1 N–H and O–H groups in total. The Hall–Kier alpha value is -2.64. The van der Waals surface area contributed by atoms with Crippen molar-refractivity contribution in [3.63, 3.8) is 0 Å². The molecule has 1 aliphatic carbocycles. The normalized spacial score (nSPS) is 17.9. The molecule has 0 atom stereocenters. The Labute approximate surface area is 145 Å². The molecule has 132 valence electrons. The van der Waals surface area contributed by atoms with Gasteiger partial charge in [-0.1, -0.05) is 6.42 Å². The zero-order valence-electron chi connectivity index (χ0n) is 14.4. The maximum atomic E-state index is 12.8. The topological polar surface area (TPSA) is 88.8 Å². The molecule has 8 nitrogen and oxygen atoms in total. The number of likely N-dealkylation sites (tertiary alicyclic amines) is 1. The molecule has 8 heteroatoms. The summed E-state index contributed by atoms with van der Waals surface area (Å²) < 4.78 is 6.66. The van der Waals surface area contributed by atoms with Crippen LogP contribution in [0.1, 0.15) is 35.4 Å². The van der Waals surface area contributed by atoms with Crippen LogP contribution in [-0.4, -0.2) is 57.6 Å². The van der Waals surface area contributed by atoms with Crippen LogP contribution in [0.15, 0.2) is 12.1 Å². The van der Waals surface area contributed by atoms with Crippen LogP contribution in [-0.2, 0) is 4.79 Å². The van der Waals surface area contributed by atoms with Crippen molar-refractivity contribution in [2.24, 2.45) is 5.92 Å². The number of aromatic nitrogens is 3. The monoisotopic (exact) mass is 343 g/mol. The van der Waals surface area contributed by atoms with Gasteiger partial charge < -0.3 is 15.0 Å². The average Bonchev–Trinajstić information content (AvgIpc) is 2.82. The summed E-state index contributed by atoms with van der Waals surface area (Å²) in [6.07, 6.45) is 3.10. The summed E-state index contributed by atoms with van der Waals surface area (Å²) in [5, 5.41) is 7.33. The van der Waals surface area contributed by atoms with Gasteiger partial charge in [0.05, 0.1) is 18.8 Å². The molecule has 1 aliphatic heterocycles. The second kappa shape index (κ2) is 6.02. The summed E-state index contributed by atoms with van der Waals surface area (Å²) >= 11 is 0. The summed E-state index contributed by atoms with van der Waals surface area (Å²) in [4.78, 5) is 30.9. The molecule has 0 aromatic carbocycles. The Morgan fingerprint density at radius 2 is 2.04 bits per heavy atom. The Kier molecular flexibility index (Phi) is 3.82. The van der Waals surface area contributed by atoms with Crippen molar-refractivity contribution >= 4 is 17.5 Å². The zero-order valence-corrected chi connectivity index (χ0v) is 14.4. The van der Waals surface area contributed by atoms with Gasteiger partial charge in [-0.3, -0.25) is 9.59 Å². The van der Waals surface area contributed by atoms with Gasteiger partial charge in [0, 0.05) is 25.1 Å². The van der Waals surface area contributed by atoms with E-state index in [1.54, 1.807) is 24.0 Å². The van der Waals surface area contributed by atoms with Gasteiger partial charge >= 0.3 is 0 Å². The van der Waals surface area contributed by atoms with Gasteiger partial charge in [0.1, 0.15) is 0 Å². The molecule has 25 heavy (non-hydrogen) atoms. The molecule has 4 rings (SSSR count). The van der Waals surface area contributed by atoms with Crippen molar-refractivity contribution in [3.05, 3.63) is 23.5 Å². The average molecular weight is 343 g/mol. The zero-order chi connectivity index (χ0) is 17.6. The summed E-state index contributed by atoms with van der Waals surface area (Å²) in [6, 6.07) is 3.53. The highest BCUT2D eigenvalue weighted by molar-refractivity contribution is 5.95. The van der Waals surface area contributed by atoms with Gasteiger partial charge in [0.2, 0.25) is 11.8 Å². The van der Waals surface area contributed by atoms with E-state index in [-0.39, 0.29) is 23.8 Å². The fraction of sp³-hybridized carbons (Fsp3) is 0.529. The fourth-order valence-electron chi connectivity index (χ4n) is 3.26. The lowest BCUT2D eigenvalue weighted by atomic mass is 9.84. The Bertz CT molecular complexity index is 836. The molecular weight excluding hydrogens is 322 g/mol. The first-order valence-electron chi connectivity index (χ1n) is 8.57. The molecule has 1 saturated carbocycles. The Morgan fingerprint density at radius 1 is 1.28 bits per heavy atom. The maximum Gasteiger partial charge on any atom is 0.274 e. The first-order valence-corrected chi connectivity index (χ1v) is 8.57. The highest BCUT2D eigenvalue weighted by Crippen LogP contribution is 2.27. The number of ether oxygens (including phenoxy) is 1. The molecule has 0 radical (unpaired) electrons. The first-order chi connectivity index (χ1) is 12.1. The number of methoxy groups -OCH3 is 1. The summed E-state index contributed by atoms with van der Waals surface area (Å²) in [5.41, 5.74) is 1.68. The van der Waals surface area contributed by atoms with Gasteiger partial charge in [0.15, 0.2) is 11.3 Å². The smallest absolute Gasteiger partial charge is 0.274 e. The molecule has 2 aromatic heterocycles. The van der Waals surface area contributed by atoms with E-state index in [0.29, 0.717) is 36.0 Å². The largest absolute Gasteiger partial charge is 0.480 e. The predicted molar refractivity (Wildman–Crippen MR) is 89.5 cm³/mol. The number of fused-ring (bicyclic) bond motifs is 1. The predicted octanol–water partition coefficient (Wildman–Crippen LogP) is 0.787. The molecule has 2 aliphatic rings. The van der Waals surface area contributed by atoms with E-state index in [4.69, 9.17) is 4.74 Å². The Balaban J connectivity index is 1.46. The lowest BCUT2D eigenvalue weighted by Crippen LogP contribution is -2.62. The van der Waals surface area contributed by atoms with E-state index in [1.165, 1.54) is 11.6 Å². The van der Waals surface area contributed by atoms with Crippen LogP contribution in [0.3, 0.4) is 0 Å². The number of carbonyl (C=O) groups excluding carboxylic acids is 2. The minimum absolute atomic E-state index is 0.0408.